The van der Waals surface area contributed by atoms with E-state index in [1.165, 1.54) is 16.9 Å². The molecule has 8 heteroatoms. The van der Waals surface area contributed by atoms with E-state index in [0.717, 1.165) is 0 Å². The molecule has 1 aromatic heterocycles. The van der Waals surface area contributed by atoms with E-state index in [-0.39, 0.29) is 18.1 Å². The molecule has 2 amide bonds. The van der Waals surface area contributed by atoms with Gasteiger partial charge in [0.1, 0.15) is 11.5 Å². The molecule has 0 aliphatic carbocycles. The standard InChI is InChI=1S/C19H15FN4O3/c1-11-15(9-21-24(11)16-8-3-2-6-13(16)20)23-19(26)12-5-4-7-14-18(12)27-10-17(25)22-14/h2-9H,10H2,1H3,(H,22,25)(H,23,26). The van der Waals surface area contributed by atoms with E-state index in [9.17, 15) is 14.0 Å². The predicted octanol–water partition coefficient (Wildman–Crippen LogP) is 2.90. The van der Waals surface area contributed by atoms with Gasteiger partial charge in [0.25, 0.3) is 11.8 Å². The molecule has 7 nitrogen and oxygen atoms in total. The van der Waals surface area contributed by atoms with Gasteiger partial charge in [0, 0.05) is 0 Å². The fraction of sp³-hybridized carbons (Fsp3) is 0.105. The third-order valence-electron chi connectivity index (χ3n) is 4.22. The molecule has 27 heavy (non-hydrogen) atoms. The summed E-state index contributed by atoms with van der Waals surface area (Å²) in [5, 5.41) is 9.58. The molecule has 0 saturated carbocycles. The number of nitrogens with zero attached hydrogens (tertiary/aromatic N) is 2. The minimum absolute atomic E-state index is 0.151. The zero-order valence-corrected chi connectivity index (χ0v) is 14.3. The highest BCUT2D eigenvalue weighted by Crippen LogP contribution is 2.32. The van der Waals surface area contributed by atoms with Crippen molar-refractivity contribution in [2.24, 2.45) is 0 Å². The van der Waals surface area contributed by atoms with E-state index in [0.29, 0.717) is 28.5 Å². The summed E-state index contributed by atoms with van der Waals surface area (Å²) in [7, 11) is 0. The van der Waals surface area contributed by atoms with Gasteiger partial charge in [-0.05, 0) is 31.2 Å². The fourth-order valence-corrected chi connectivity index (χ4v) is 2.88. The topological polar surface area (TPSA) is 85.2 Å². The van der Waals surface area contributed by atoms with Crippen LogP contribution in [0, 0.1) is 12.7 Å². The molecule has 1 aliphatic rings. The van der Waals surface area contributed by atoms with Crippen molar-refractivity contribution < 1.29 is 18.7 Å². The predicted molar refractivity (Wildman–Crippen MR) is 96.8 cm³/mol. The summed E-state index contributed by atoms with van der Waals surface area (Å²) in [6.45, 7) is 1.58. The number of anilines is 2. The van der Waals surface area contributed by atoms with Crippen molar-refractivity contribution in [3.8, 4) is 11.4 Å². The molecule has 0 spiro atoms. The second-order valence-electron chi connectivity index (χ2n) is 5.98. The highest BCUT2D eigenvalue weighted by atomic mass is 19.1. The van der Waals surface area contributed by atoms with Gasteiger partial charge in [-0.25, -0.2) is 9.07 Å². The molecule has 2 heterocycles. The number of hydrogen-bond donors (Lipinski definition) is 2. The van der Waals surface area contributed by atoms with Crippen LogP contribution in [0.3, 0.4) is 0 Å². The summed E-state index contributed by atoms with van der Waals surface area (Å²) in [5.41, 5.74) is 2.04. The van der Waals surface area contributed by atoms with E-state index in [1.54, 1.807) is 43.3 Å². The van der Waals surface area contributed by atoms with E-state index in [4.69, 9.17) is 4.74 Å². The largest absolute Gasteiger partial charge is 0.481 e. The molecular formula is C19H15FN4O3. The average Bonchev–Trinajstić information content (AvgIpc) is 3.01. The van der Waals surface area contributed by atoms with Crippen LogP contribution in [0.25, 0.3) is 5.69 Å². The maximum atomic E-state index is 14.0. The second-order valence-corrected chi connectivity index (χ2v) is 5.98. The van der Waals surface area contributed by atoms with Crippen LogP contribution in [-0.2, 0) is 4.79 Å². The van der Waals surface area contributed by atoms with E-state index < -0.39 is 11.7 Å². The summed E-state index contributed by atoms with van der Waals surface area (Å²) < 4.78 is 20.8. The first kappa shape index (κ1) is 16.8. The minimum Gasteiger partial charge on any atom is -0.481 e. The van der Waals surface area contributed by atoms with Gasteiger partial charge in [0.2, 0.25) is 0 Å². The summed E-state index contributed by atoms with van der Waals surface area (Å²) >= 11 is 0. The van der Waals surface area contributed by atoms with Crippen molar-refractivity contribution in [3.05, 3.63) is 65.7 Å². The van der Waals surface area contributed by atoms with Gasteiger partial charge in [-0.1, -0.05) is 18.2 Å². The lowest BCUT2D eigenvalue weighted by atomic mass is 10.1. The Morgan fingerprint density at radius 2 is 2.07 bits per heavy atom. The molecule has 3 aromatic rings. The smallest absolute Gasteiger partial charge is 0.262 e. The Hall–Kier alpha value is -3.68. The number of aromatic nitrogens is 2. The van der Waals surface area contributed by atoms with Crippen LogP contribution in [0.5, 0.6) is 5.75 Å². The van der Waals surface area contributed by atoms with Crippen LogP contribution in [0.2, 0.25) is 0 Å². The van der Waals surface area contributed by atoms with Gasteiger partial charge in [0.15, 0.2) is 12.4 Å². The normalized spacial score (nSPS) is 12.7. The Labute approximate surface area is 153 Å². The van der Waals surface area contributed by atoms with E-state index in [1.807, 2.05) is 0 Å². The number of benzene rings is 2. The molecular weight excluding hydrogens is 351 g/mol. The third-order valence-corrected chi connectivity index (χ3v) is 4.22. The zero-order valence-electron chi connectivity index (χ0n) is 14.3. The number of amides is 2. The number of rotatable bonds is 3. The molecule has 0 atom stereocenters. The van der Waals surface area contributed by atoms with Gasteiger partial charge in [-0.15, -0.1) is 0 Å². The maximum absolute atomic E-state index is 14.0. The molecule has 0 saturated heterocycles. The second kappa shape index (κ2) is 6.56. The Bertz CT molecular complexity index is 1060. The van der Waals surface area contributed by atoms with Crippen LogP contribution in [0.1, 0.15) is 16.1 Å². The number of ether oxygens (including phenoxy) is 1. The van der Waals surface area contributed by atoms with Gasteiger partial charge < -0.3 is 15.4 Å². The molecule has 0 radical (unpaired) electrons. The van der Waals surface area contributed by atoms with Gasteiger partial charge in [-0.3, -0.25) is 9.59 Å². The van der Waals surface area contributed by atoms with Gasteiger partial charge in [0.05, 0.1) is 28.8 Å². The minimum atomic E-state index is -0.417. The lowest BCUT2D eigenvalue weighted by Crippen LogP contribution is -2.27. The molecule has 4 rings (SSSR count). The zero-order chi connectivity index (χ0) is 19.0. The molecule has 0 fully saturated rings. The third kappa shape index (κ3) is 3.01. The number of para-hydroxylation sites is 2. The number of fused-ring (bicyclic) bond motifs is 1. The molecule has 2 N–H and O–H groups in total. The quantitative estimate of drug-likeness (QED) is 0.746. The van der Waals surface area contributed by atoms with Crippen LogP contribution in [-0.4, -0.2) is 28.2 Å². The first-order valence-electron chi connectivity index (χ1n) is 8.21. The monoisotopic (exact) mass is 366 g/mol. The average molecular weight is 366 g/mol. The number of carbonyl (C=O) groups is 2. The van der Waals surface area contributed by atoms with Crippen LogP contribution < -0.4 is 15.4 Å². The van der Waals surface area contributed by atoms with Crippen molar-refractivity contribution in [1.82, 2.24) is 9.78 Å². The Morgan fingerprint density at radius 3 is 2.89 bits per heavy atom. The Kier molecular flexibility index (Phi) is 4.08. The molecule has 0 unspecified atom stereocenters. The fourth-order valence-electron chi connectivity index (χ4n) is 2.88. The lowest BCUT2D eigenvalue weighted by Gasteiger charge is -2.20. The number of halogens is 1. The van der Waals surface area contributed by atoms with Crippen LogP contribution in [0.15, 0.2) is 48.7 Å². The Morgan fingerprint density at radius 1 is 1.26 bits per heavy atom. The first-order valence-corrected chi connectivity index (χ1v) is 8.21. The SMILES string of the molecule is Cc1c(NC(=O)c2cccc3c2OCC(=O)N3)cnn1-c1ccccc1F. The molecule has 136 valence electrons. The van der Waals surface area contributed by atoms with Gasteiger partial charge in [-0.2, -0.15) is 5.10 Å². The summed E-state index contributed by atoms with van der Waals surface area (Å²) in [4.78, 5) is 24.1. The van der Waals surface area contributed by atoms with Crippen molar-refractivity contribution in [2.45, 2.75) is 6.92 Å². The highest BCUT2D eigenvalue weighted by Gasteiger charge is 2.23. The van der Waals surface area contributed by atoms with E-state index in [2.05, 4.69) is 15.7 Å². The number of hydrogen-bond acceptors (Lipinski definition) is 4. The first-order chi connectivity index (χ1) is 13.0. The van der Waals surface area contributed by atoms with Crippen molar-refractivity contribution in [3.63, 3.8) is 0 Å². The van der Waals surface area contributed by atoms with E-state index >= 15 is 0 Å². The van der Waals surface area contributed by atoms with Crippen LogP contribution >= 0.6 is 0 Å². The van der Waals surface area contributed by atoms with Crippen molar-refractivity contribution in [1.29, 1.82) is 0 Å². The number of nitrogens with one attached hydrogen (secondary N) is 2. The summed E-state index contributed by atoms with van der Waals surface area (Å²) in [6.07, 6.45) is 1.46. The molecule has 1 aliphatic heterocycles. The molecule has 2 aromatic carbocycles. The lowest BCUT2D eigenvalue weighted by molar-refractivity contribution is -0.118. The summed E-state index contributed by atoms with van der Waals surface area (Å²) in [5.74, 6) is -0.794. The van der Waals surface area contributed by atoms with Crippen molar-refractivity contribution in [2.75, 3.05) is 17.2 Å². The highest BCUT2D eigenvalue weighted by molar-refractivity contribution is 6.09. The maximum Gasteiger partial charge on any atom is 0.262 e. The molecule has 0 bridgehead atoms. The number of carbonyl (C=O) groups excluding carboxylic acids is 2. The Balaban J connectivity index is 1.63. The van der Waals surface area contributed by atoms with Crippen molar-refractivity contribution >= 4 is 23.2 Å². The van der Waals surface area contributed by atoms with Crippen LogP contribution in [0.4, 0.5) is 15.8 Å². The summed E-state index contributed by atoms with van der Waals surface area (Å²) in [6, 6.07) is 11.2. The van der Waals surface area contributed by atoms with Gasteiger partial charge >= 0.3 is 0 Å².